The average Bonchev–Trinajstić information content (AvgIpc) is 3.16. The molecule has 2 aromatic carbocycles. The molecule has 0 aliphatic heterocycles. The molecule has 10 heteroatoms. The van der Waals surface area contributed by atoms with Gasteiger partial charge in [-0.15, -0.1) is 12.4 Å². The number of rotatable bonds is 8. The third-order valence-corrected chi connectivity index (χ3v) is 7.42. The van der Waals surface area contributed by atoms with Crippen LogP contribution in [0.15, 0.2) is 47.4 Å². The lowest BCUT2D eigenvalue weighted by molar-refractivity contribution is 0.0985. The number of amides is 1. The molecule has 0 N–H and O–H groups in total. The summed E-state index contributed by atoms with van der Waals surface area (Å²) in [5.41, 5.74) is 1.10. The van der Waals surface area contributed by atoms with Crippen molar-refractivity contribution in [2.24, 2.45) is 0 Å². The Morgan fingerprint density at radius 3 is 2.52 bits per heavy atom. The molecule has 168 valence electrons. The molecule has 0 spiro atoms. The number of methoxy groups -OCH3 is 1. The highest BCUT2D eigenvalue weighted by Gasteiger charge is 2.23. The molecule has 0 saturated carbocycles. The van der Waals surface area contributed by atoms with E-state index in [-0.39, 0.29) is 29.0 Å². The molecule has 1 amide bonds. The second-order valence-electron chi connectivity index (χ2n) is 7.02. The number of ether oxygens (including phenoxy) is 1. The highest BCUT2D eigenvalue weighted by Crippen LogP contribution is 2.32. The van der Waals surface area contributed by atoms with Crippen LogP contribution in [-0.2, 0) is 9.84 Å². The molecule has 3 rings (SSSR count). The summed E-state index contributed by atoms with van der Waals surface area (Å²) in [7, 11) is 2.06. The van der Waals surface area contributed by atoms with Gasteiger partial charge in [-0.1, -0.05) is 24.3 Å². The average molecular weight is 484 g/mol. The van der Waals surface area contributed by atoms with Crippen LogP contribution in [0.1, 0.15) is 17.3 Å². The van der Waals surface area contributed by atoms with Gasteiger partial charge in [0.2, 0.25) is 0 Å². The Kier molecular flexibility index (Phi) is 8.41. The molecule has 0 aliphatic carbocycles. The lowest BCUT2D eigenvalue weighted by Gasteiger charge is -2.22. The summed E-state index contributed by atoms with van der Waals surface area (Å²) >= 11 is 1.40. The zero-order chi connectivity index (χ0) is 21.9. The lowest BCUT2D eigenvalue weighted by Crippen LogP contribution is -2.36. The van der Waals surface area contributed by atoms with E-state index in [9.17, 15) is 13.2 Å². The van der Waals surface area contributed by atoms with Crippen LogP contribution in [0.2, 0.25) is 0 Å². The number of anilines is 1. The van der Waals surface area contributed by atoms with Gasteiger partial charge in [0.15, 0.2) is 15.0 Å². The molecule has 1 aromatic heterocycles. The molecule has 0 bridgehead atoms. The molecule has 0 atom stereocenters. The molecular formula is C21H26ClN3O4S2. The van der Waals surface area contributed by atoms with Gasteiger partial charge < -0.3 is 9.64 Å². The first-order valence-electron chi connectivity index (χ1n) is 9.49. The van der Waals surface area contributed by atoms with Gasteiger partial charge >= 0.3 is 0 Å². The predicted octanol–water partition coefficient (Wildman–Crippen LogP) is 3.73. The summed E-state index contributed by atoms with van der Waals surface area (Å²) in [5.74, 6) is 0.423. The van der Waals surface area contributed by atoms with Gasteiger partial charge in [0.25, 0.3) is 5.91 Å². The first-order valence-corrected chi connectivity index (χ1v) is 12.0. The molecule has 0 saturated heterocycles. The van der Waals surface area contributed by atoms with Crippen molar-refractivity contribution < 1.29 is 17.9 Å². The number of nitrogens with zero attached hydrogens (tertiary/aromatic N) is 3. The topological polar surface area (TPSA) is 79.8 Å². The highest BCUT2D eigenvalue weighted by molar-refractivity contribution is 7.91. The lowest BCUT2D eigenvalue weighted by atomic mass is 10.2. The Morgan fingerprint density at radius 1 is 1.13 bits per heavy atom. The normalized spacial score (nSPS) is 11.4. The van der Waals surface area contributed by atoms with Gasteiger partial charge in [0, 0.05) is 18.7 Å². The van der Waals surface area contributed by atoms with Gasteiger partial charge in [-0.05, 0) is 50.5 Å². The zero-order valence-electron chi connectivity index (χ0n) is 17.9. The molecule has 0 unspecified atom stereocenters. The maximum Gasteiger partial charge on any atom is 0.260 e. The van der Waals surface area contributed by atoms with E-state index in [2.05, 4.69) is 4.98 Å². The number of halogens is 1. The van der Waals surface area contributed by atoms with E-state index in [1.807, 2.05) is 37.2 Å². The fraction of sp³-hybridized carbons (Fsp3) is 0.333. The van der Waals surface area contributed by atoms with Crippen molar-refractivity contribution in [1.82, 2.24) is 9.88 Å². The van der Waals surface area contributed by atoms with Crippen LogP contribution in [0.4, 0.5) is 5.13 Å². The SMILES string of the molecule is CCS(=O)(=O)c1cccc(C(=O)N(CCN(C)C)c2nc3ccc(OC)cc3s2)c1.Cl. The van der Waals surface area contributed by atoms with E-state index in [0.29, 0.717) is 23.8 Å². The number of carbonyl (C=O) groups is 1. The van der Waals surface area contributed by atoms with Crippen molar-refractivity contribution in [2.45, 2.75) is 11.8 Å². The summed E-state index contributed by atoms with van der Waals surface area (Å²) in [6.07, 6.45) is 0. The first kappa shape index (κ1) is 25.1. The minimum atomic E-state index is -3.40. The smallest absolute Gasteiger partial charge is 0.260 e. The summed E-state index contributed by atoms with van der Waals surface area (Å²) in [6.45, 7) is 2.65. The summed E-state index contributed by atoms with van der Waals surface area (Å²) in [6, 6.07) is 11.8. The standard InChI is InChI=1S/C21H25N3O4S2.ClH/c1-5-30(26,27)17-8-6-7-15(13-17)20(25)24(12-11-23(2)3)21-22-18-10-9-16(28-4)14-19(18)29-21;/h6-10,13-14H,5,11-12H2,1-4H3;1H. The van der Waals surface area contributed by atoms with Crippen molar-refractivity contribution in [1.29, 1.82) is 0 Å². The quantitative estimate of drug-likeness (QED) is 0.485. The largest absolute Gasteiger partial charge is 0.497 e. The number of fused-ring (bicyclic) bond motifs is 1. The maximum atomic E-state index is 13.4. The number of likely N-dealkylation sites (N-methyl/N-ethyl adjacent to an activating group) is 1. The first-order chi connectivity index (χ1) is 14.2. The minimum Gasteiger partial charge on any atom is -0.497 e. The van der Waals surface area contributed by atoms with E-state index in [4.69, 9.17) is 4.74 Å². The van der Waals surface area contributed by atoms with E-state index in [0.717, 1.165) is 16.0 Å². The van der Waals surface area contributed by atoms with Gasteiger partial charge in [-0.25, -0.2) is 13.4 Å². The maximum absolute atomic E-state index is 13.4. The molecule has 31 heavy (non-hydrogen) atoms. The van der Waals surface area contributed by atoms with Crippen molar-refractivity contribution in [3.8, 4) is 5.75 Å². The van der Waals surface area contributed by atoms with Crippen LogP contribution in [-0.4, -0.2) is 64.3 Å². The fourth-order valence-corrected chi connectivity index (χ4v) is 4.81. The Bertz CT molecular complexity index is 1160. The molecule has 1 heterocycles. The van der Waals surface area contributed by atoms with E-state index in [1.54, 1.807) is 31.1 Å². The number of aromatic nitrogens is 1. The van der Waals surface area contributed by atoms with Crippen molar-refractivity contribution in [3.63, 3.8) is 0 Å². The molecule has 0 radical (unpaired) electrons. The van der Waals surface area contributed by atoms with E-state index in [1.165, 1.54) is 23.5 Å². The fourth-order valence-electron chi connectivity index (χ4n) is 2.86. The Hall–Kier alpha value is -2.20. The van der Waals surface area contributed by atoms with Gasteiger partial charge in [0.1, 0.15) is 5.75 Å². The summed E-state index contributed by atoms with van der Waals surface area (Å²) in [5, 5.41) is 0.564. The molecular weight excluding hydrogens is 458 g/mol. The monoisotopic (exact) mass is 483 g/mol. The molecule has 3 aromatic rings. The van der Waals surface area contributed by atoms with Crippen LogP contribution in [0.3, 0.4) is 0 Å². The van der Waals surface area contributed by atoms with Crippen LogP contribution >= 0.6 is 23.7 Å². The number of hydrogen-bond donors (Lipinski definition) is 0. The number of thiazole rings is 1. The Morgan fingerprint density at radius 2 is 1.87 bits per heavy atom. The molecule has 0 aliphatic rings. The minimum absolute atomic E-state index is 0. The molecule has 7 nitrogen and oxygen atoms in total. The van der Waals surface area contributed by atoms with Crippen molar-refractivity contribution in [3.05, 3.63) is 48.0 Å². The number of benzene rings is 2. The second-order valence-corrected chi connectivity index (χ2v) is 10.3. The van der Waals surface area contributed by atoms with Crippen LogP contribution < -0.4 is 9.64 Å². The summed E-state index contributed by atoms with van der Waals surface area (Å²) in [4.78, 5) is 21.7. The zero-order valence-corrected chi connectivity index (χ0v) is 20.3. The number of carbonyl (C=O) groups excluding carboxylic acids is 1. The second kappa shape index (κ2) is 10.4. The van der Waals surface area contributed by atoms with Crippen LogP contribution in [0, 0.1) is 0 Å². The van der Waals surface area contributed by atoms with Crippen molar-refractivity contribution >= 4 is 54.8 Å². The van der Waals surface area contributed by atoms with E-state index >= 15 is 0 Å². The predicted molar refractivity (Wildman–Crippen MR) is 128 cm³/mol. The van der Waals surface area contributed by atoms with Crippen molar-refractivity contribution in [2.75, 3.05) is 44.9 Å². The number of sulfone groups is 1. The molecule has 0 fully saturated rings. The third-order valence-electron chi connectivity index (χ3n) is 4.65. The number of hydrogen-bond acceptors (Lipinski definition) is 7. The van der Waals surface area contributed by atoms with Gasteiger partial charge in [-0.3, -0.25) is 9.69 Å². The highest BCUT2D eigenvalue weighted by atomic mass is 35.5. The Labute approximate surface area is 193 Å². The third kappa shape index (κ3) is 5.74. The van der Waals surface area contributed by atoms with E-state index < -0.39 is 9.84 Å². The summed E-state index contributed by atoms with van der Waals surface area (Å²) < 4.78 is 30.7. The Balaban J connectivity index is 0.00000341. The van der Waals surface area contributed by atoms with Gasteiger partial charge in [-0.2, -0.15) is 0 Å². The van der Waals surface area contributed by atoms with Crippen LogP contribution in [0.5, 0.6) is 5.75 Å². The van der Waals surface area contributed by atoms with Crippen LogP contribution in [0.25, 0.3) is 10.2 Å². The van der Waals surface area contributed by atoms with Gasteiger partial charge in [0.05, 0.1) is 28.0 Å².